The predicted octanol–water partition coefficient (Wildman–Crippen LogP) is 4.90. The van der Waals surface area contributed by atoms with Crippen molar-refractivity contribution in [2.45, 2.75) is 6.42 Å². The maximum atomic E-state index is 13.2. The average molecular weight is 586 g/mol. The van der Waals surface area contributed by atoms with Gasteiger partial charge in [0.15, 0.2) is 0 Å². The summed E-state index contributed by atoms with van der Waals surface area (Å²) in [6.45, 7) is 4.68. The molecule has 2 N–H and O–H groups in total. The van der Waals surface area contributed by atoms with Crippen LogP contribution in [0.25, 0.3) is 33.3 Å². The molecule has 2 aromatic heterocycles. The van der Waals surface area contributed by atoms with E-state index in [1.54, 1.807) is 6.20 Å². The van der Waals surface area contributed by atoms with Crippen LogP contribution in [0, 0.1) is 5.92 Å². The first-order valence-electron chi connectivity index (χ1n) is 15.2. The quantitative estimate of drug-likeness (QED) is 0.282. The molecule has 0 aliphatic carbocycles. The van der Waals surface area contributed by atoms with Gasteiger partial charge < -0.3 is 15.1 Å². The molecule has 44 heavy (non-hydrogen) atoms. The number of anilines is 2. The number of carbonyl (C=O) groups excluding carboxylic acids is 2. The standard InChI is InChI=1S/C35H35N7O2/c43-33(42-19-17-41(18-20-42)30-11-8-25(9-12-30)27-7-4-15-36-22-27)24-40-16-14-28(23-40)35(44)37-29-10-13-32-31(21-29)34(39-38-32)26-5-2-1-3-6-26/h1-13,15,21-22,28H,14,16-20,23-24H2,(H,37,44)(H,38,39)/t28-/m1/s1. The van der Waals surface area contributed by atoms with E-state index in [0.29, 0.717) is 26.2 Å². The zero-order valence-electron chi connectivity index (χ0n) is 24.5. The van der Waals surface area contributed by atoms with Crippen LogP contribution in [0.5, 0.6) is 0 Å². The third-order valence-electron chi connectivity index (χ3n) is 8.74. The Balaban J connectivity index is 0.897. The molecule has 2 amide bonds. The monoisotopic (exact) mass is 585 g/mol. The molecule has 0 unspecified atom stereocenters. The molecular formula is C35H35N7O2. The Morgan fingerprint density at radius 3 is 2.41 bits per heavy atom. The molecule has 2 saturated heterocycles. The lowest BCUT2D eigenvalue weighted by molar-refractivity contribution is -0.132. The highest BCUT2D eigenvalue weighted by Gasteiger charge is 2.31. The summed E-state index contributed by atoms with van der Waals surface area (Å²) < 4.78 is 0. The molecular weight excluding hydrogens is 550 g/mol. The number of nitrogens with zero attached hydrogens (tertiary/aromatic N) is 5. The fourth-order valence-corrected chi connectivity index (χ4v) is 6.25. The molecule has 3 aromatic carbocycles. The fraction of sp³-hybridized carbons (Fsp3) is 0.257. The Kier molecular flexibility index (Phi) is 7.77. The second-order valence-corrected chi connectivity index (χ2v) is 11.6. The summed E-state index contributed by atoms with van der Waals surface area (Å²) in [6.07, 6.45) is 4.39. The largest absolute Gasteiger partial charge is 0.368 e. The SMILES string of the molecule is O=C(Nc1ccc2[nH]nc(-c3ccccc3)c2c1)[C@@H]1CCN(CC(=O)N2CCN(c3ccc(-c4cccnc4)cc3)CC2)C1. The summed E-state index contributed by atoms with van der Waals surface area (Å²) in [6, 6.07) is 28.4. The van der Waals surface area contributed by atoms with Crippen molar-refractivity contribution in [3.63, 3.8) is 0 Å². The highest BCUT2D eigenvalue weighted by atomic mass is 16.2. The van der Waals surface area contributed by atoms with Gasteiger partial charge in [-0.15, -0.1) is 0 Å². The van der Waals surface area contributed by atoms with Gasteiger partial charge in [-0.3, -0.25) is 24.6 Å². The number of hydrogen-bond acceptors (Lipinski definition) is 6. The summed E-state index contributed by atoms with van der Waals surface area (Å²) in [5, 5.41) is 11.6. The number of carbonyl (C=O) groups is 2. The minimum Gasteiger partial charge on any atom is -0.368 e. The van der Waals surface area contributed by atoms with Crippen molar-refractivity contribution in [2.24, 2.45) is 5.92 Å². The van der Waals surface area contributed by atoms with Gasteiger partial charge in [0.05, 0.1) is 23.7 Å². The van der Waals surface area contributed by atoms with Crippen LogP contribution in [0.4, 0.5) is 11.4 Å². The minimum atomic E-state index is -0.150. The molecule has 0 radical (unpaired) electrons. The first-order chi connectivity index (χ1) is 21.6. The van der Waals surface area contributed by atoms with E-state index in [2.05, 4.69) is 60.6 Å². The van der Waals surface area contributed by atoms with Gasteiger partial charge >= 0.3 is 0 Å². The molecule has 1 atom stereocenters. The number of benzene rings is 3. The normalized spacial score (nSPS) is 17.2. The second kappa shape index (κ2) is 12.3. The lowest BCUT2D eigenvalue weighted by atomic mass is 10.1. The van der Waals surface area contributed by atoms with Crippen molar-refractivity contribution in [2.75, 3.05) is 56.0 Å². The van der Waals surface area contributed by atoms with Crippen molar-refractivity contribution >= 4 is 34.1 Å². The lowest BCUT2D eigenvalue weighted by Gasteiger charge is -2.36. The number of amides is 2. The third-order valence-corrected chi connectivity index (χ3v) is 8.74. The number of fused-ring (bicyclic) bond motifs is 1. The Morgan fingerprint density at radius 2 is 1.64 bits per heavy atom. The molecule has 0 saturated carbocycles. The molecule has 0 spiro atoms. The molecule has 7 rings (SSSR count). The van der Waals surface area contributed by atoms with Gasteiger partial charge in [0.2, 0.25) is 11.8 Å². The van der Waals surface area contributed by atoms with Gasteiger partial charge in [0.1, 0.15) is 0 Å². The van der Waals surface area contributed by atoms with E-state index >= 15 is 0 Å². The molecule has 4 heterocycles. The van der Waals surface area contributed by atoms with E-state index in [1.165, 1.54) is 5.69 Å². The fourth-order valence-electron chi connectivity index (χ4n) is 6.25. The number of H-pyrrole nitrogens is 1. The number of nitrogens with one attached hydrogen (secondary N) is 2. The van der Waals surface area contributed by atoms with Crippen molar-refractivity contribution in [3.05, 3.63) is 97.3 Å². The predicted molar refractivity (Wildman–Crippen MR) is 173 cm³/mol. The zero-order chi connectivity index (χ0) is 29.9. The molecule has 2 aliphatic rings. The summed E-state index contributed by atoms with van der Waals surface area (Å²) in [5.41, 5.74) is 6.97. The molecule has 9 nitrogen and oxygen atoms in total. The van der Waals surface area contributed by atoms with Gasteiger partial charge in [0, 0.05) is 67.4 Å². The van der Waals surface area contributed by atoms with Crippen molar-refractivity contribution in [1.82, 2.24) is 25.0 Å². The van der Waals surface area contributed by atoms with E-state index in [-0.39, 0.29) is 17.7 Å². The minimum absolute atomic E-state index is 0.00721. The topological polar surface area (TPSA) is 97.5 Å². The van der Waals surface area contributed by atoms with Gasteiger partial charge in [-0.25, -0.2) is 0 Å². The molecule has 2 aliphatic heterocycles. The van der Waals surface area contributed by atoms with Crippen LogP contribution >= 0.6 is 0 Å². The van der Waals surface area contributed by atoms with Gasteiger partial charge in [-0.05, 0) is 60.5 Å². The number of aromatic amines is 1. The smallest absolute Gasteiger partial charge is 0.236 e. The van der Waals surface area contributed by atoms with Gasteiger partial charge in [0.25, 0.3) is 0 Å². The number of likely N-dealkylation sites (tertiary alicyclic amines) is 1. The summed E-state index contributed by atoms with van der Waals surface area (Å²) in [7, 11) is 0. The van der Waals surface area contributed by atoms with Crippen LogP contribution in [0.15, 0.2) is 97.3 Å². The van der Waals surface area contributed by atoms with Crippen LogP contribution in [0.1, 0.15) is 6.42 Å². The number of pyridine rings is 1. The van der Waals surface area contributed by atoms with Crippen molar-refractivity contribution in [3.8, 4) is 22.4 Å². The number of aromatic nitrogens is 3. The molecule has 0 bridgehead atoms. The number of rotatable bonds is 7. The molecule has 222 valence electrons. The van der Waals surface area contributed by atoms with E-state index in [0.717, 1.165) is 65.0 Å². The highest BCUT2D eigenvalue weighted by molar-refractivity contribution is 5.99. The van der Waals surface area contributed by atoms with E-state index < -0.39 is 0 Å². The Morgan fingerprint density at radius 1 is 0.841 bits per heavy atom. The summed E-state index contributed by atoms with van der Waals surface area (Å²) in [4.78, 5) is 37.0. The van der Waals surface area contributed by atoms with E-state index in [9.17, 15) is 9.59 Å². The molecule has 9 heteroatoms. The molecule has 5 aromatic rings. The first-order valence-corrected chi connectivity index (χ1v) is 15.2. The lowest BCUT2D eigenvalue weighted by Crippen LogP contribution is -2.51. The number of hydrogen-bond donors (Lipinski definition) is 2. The average Bonchev–Trinajstić information content (AvgIpc) is 3.73. The Hall–Kier alpha value is -5.02. The van der Waals surface area contributed by atoms with Crippen molar-refractivity contribution < 1.29 is 9.59 Å². The van der Waals surface area contributed by atoms with Crippen LogP contribution < -0.4 is 10.2 Å². The first kappa shape index (κ1) is 27.8. The zero-order valence-corrected chi connectivity index (χ0v) is 24.5. The third kappa shape index (κ3) is 5.91. The van der Waals surface area contributed by atoms with Gasteiger partial charge in [-0.1, -0.05) is 48.5 Å². The molecule has 2 fully saturated rings. The summed E-state index contributed by atoms with van der Waals surface area (Å²) >= 11 is 0. The second-order valence-electron chi connectivity index (χ2n) is 11.6. The van der Waals surface area contributed by atoms with Gasteiger partial charge in [-0.2, -0.15) is 5.10 Å². The van der Waals surface area contributed by atoms with Crippen LogP contribution in [-0.2, 0) is 9.59 Å². The highest BCUT2D eigenvalue weighted by Crippen LogP contribution is 2.29. The maximum Gasteiger partial charge on any atom is 0.236 e. The van der Waals surface area contributed by atoms with Crippen LogP contribution in [-0.4, -0.2) is 82.6 Å². The van der Waals surface area contributed by atoms with E-state index in [4.69, 9.17) is 0 Å². The number of piperazine rings is 1. The Bertz CT molecular complexity index is 1750. The maximum absolute atomic E-state index is 13.2. The Labute approximate surface area is 256 Å². The summed E-state index contributed by atoms with van der Waals surface area (Å²) in [5.74, 6) is -0.0216. The van der Waals surface area contributed by atoms with Crippen LogP contribution in [0.3, 0.4) is 0 Å². The van der Waals surface area contributed by atoms with Crippen LogP contribution in [0.2, 0.25) is 0 Å². The van der Waals surface area contributed by atoms with E-state index in [1.807, 2.05) is 65.7 Å². The van der Waals surface area contributed by atoms with Crippen molar-refractivity contribution in [1.29, 1.82) is 0 Å².